The molecule has 0 bridgehead atoms. The maximum absolute atomic E-state index is 13.0. The first-order valence-corrected chi connectivity index (χ1v) is 6.98. The van der Waals surface area contributed by atoms with Crippen molar-refractivity contribution in [1.29, 1.82) is 0 Å². The molecule has 5 heteroatoms. The zero-order valence-corrected chi connectivity index (χ0v) is 11.9. The Kier molecular flexibility index (Phi) is 4.45. The van der Waals surface area contributed by atoms with E-state index in [-0.39, 0.29) is 6.42 Å². The van der Waals surface area contributed by atoms with Gasteiger partial charge in [-0.3, -0.25) is 0 Å². The van der Waals surface area contributed by atoms with Crippen molar-refractivity contribution in [2.45, 2.75) is 37.9 Å². The van der Waals surface area contributed by atoms with Crippen LogP contribution in [0.25, 0.3) is 0 Å². The average Bonchev–Trinajstić information content (AvgIpc) is 2.38. The third kappa shape index (κ3) is 3.58. The van der Waals surface area contributed by atoms with Crippen molar-refractivity contribution in [3.8, 4) is 0 Å². The van der Waals surface area contributed by atoms with E-state index in [2.05, 4.69) is 5.32 Å². The van der Waals surface area contributed by atoms with Crippen LogP contribution in [-0.2, 0) is 0 Å². The van der Waals surface area contributed by atoms with E-state index < -0.39 is 18.1 Å². The number of nitrogens with one attached hydrogen (secondary N) is 1. The van der Waals surface area contributed by atoms with Crippen molar-refractivity contribution in [1.82, 2.24) is 0 Å². The Morgan fingerprint density at radius 3 is 2.20 bits per heavy atom. The third-order valence-corrected chi connectivity index (χ3v) is 3.92. The average molecular weight is 286 g/mol. The molecule has 0 aliphatic heterocycles. The number of nitrogens with zero attached hydrogens (tertiary/aromatic N) is 1. The van der Waals surface area contributed by atoms with Gasteiger partial charge in [0.1, 0.15) is 0 Å². The minimum atomic E-state index is -4.11. The van der Waals surface area contributed by atoms with E-state index in [1.807, 2.05) is 43.3 Å². The molecule has 0 saturated heterocycles. The lowest BCUT2D eigenvalue weighted by atomic mass is 9.84. The lowest BCUT2D eigenvalue weighted by Crippen LogP contribution is -2.41. The second-order valence-corrected chi connectivity index (χ2v) is 5.62. The summed E-state index contributed by atoms with van der Waals surface area (Å²) in [6, 6.07) is 7.00. The SMILES string of the molecule is CN(C)c1ccc(NC2CCCCC2C(F)(F)F)cc1. The number of anilines is 2. The first-order chi connectivity index (χ1) is 9.38. The Bertz CT molecular complexity index is 426. The number of hydrogen-bond acceptors (Lipinski definition) is 2. The van der Waals surface area contributed by atoms with Gasteiger partial charge < -0.3 is 10.2 Å². The molecule has 1 N–H and O–H groups in total. The number of alkyl halides is 3. The molecule has 0 aromatic heterocycles. The second-order valence-electron chi connectivity index (χ2n) is 5.62. The highest BCUT2D eigenvalue weighted by molar-refractivity contribution is 5.54. The molecule has 20 heavy (non-hydrogen) atoms. The number of halogens is 3. The first kappa shape index (κ1) is 15.0. The molecule has 1 aromatic carbocycles. The Hall–Kier alpha value is -1.39. The lowest BCUT2D eigenvalue weighted by Gasteiger charge is -2.34. The Labute approximate surface area is 118 Å². The number of hydrogen-bond donors (Lipinski definition) is 1. The molecule has 1 saturated carbocycles. The normalized spacial score (nSPS) is 23.4. The molecule has 1 aliphatic rings. The van der Waals surface area contributed by atoms with Gasteiger partial charge in [0, 0.05) is 31.5 Å². The van der Waals surface area contributed by atoms with E-state index in [4.69, 9.17) is 0 Å². The maximum atomic E-state index is 13.0. The molecule has 0 radical (unpaired) electrons. The third-order valence-electron chi connectivity index (χ3n) is 3.92. The summed E-state index contributed by atoms with van der Waals surface area (Å²) in [5.41, 5.74) is 1.79. The van der Waals surface area contributed by atoms with Crippen LogP contribution in [0.4, 0.5) is 24.5 Å². The lowest BCUT2D eigenvalue weighted by molar-refractivity contribution is -0.184. The van der Waals surface area contributed by atoms with Crippen LogP contribution in [0.3, 0.4) is 0 Å². The van der Waals surface area contributed by atoms with Crippen molar-refractivity contribution < 1.29 is 13.2 Å². The quantitative estimate of drug-likeness (QED) is 0.892. The predicted octanol–water partition coefficient (Wildman–Crippen LogP) is 4.29. The fourth-order valence-corrected chi connectivity index (χ4v) is 2.77. The number of rotatable bonds is 3. The fraction of sp³-hybridized carbons (Fsp3) is 0.600. The molecule has 2 rings (SSSR count). The fourth-order valence-electron chi connectivity index (χ4n) is 2.77. The zero-order chi connectivity index (χ0) is 14.8. The van der Waals surface area contributed by atoms with Crippen LogP contribution in [0.2, 0.25) is 0 Å². The van der Waals surface area contributed by atoms with Crippen LogP contribution >= 0.6 is 0 Å². The Morgan fingerprint density at radius 1 is 1.05 bits per heavy atom. The van der Waals surface area contributed by atoms with Gasteiger partial charge in [0.25, 0.3) is 0 Å². The van der Waals surface area contributed by atoms with Crippen molar-refractivity contribution >= 4 is 11.4 Å². The molecule has 0 amide bonds. The van der Waals surface area contributed by atoms with Crippen molar-refractivity contribution in [3.05, 3.63) is 24.3 Å². The van der Waals surface area contributed by atoms with Crippen LogP contribution in [0.5, 0.6) is 0 Å². The van der Waals surface area contributed by atoms with Gasteiger partial charge in [0.05, 0.1) is 5.92 Å². The van der Waals surface area contributed by atoms with Gasteiger partial charge in [0.2, 0.25) is 0 Å². The molecular formula is C15H21F3N2. The van der Waals surface area contributed by atoms with Gasteiger partial charge in [-0.1, -0.05) is 12.8 Å². The number of benzene rings is 1. The smallest absolute Gasteiger partial charge is 0.382 e. The molecule has 0 heterocycles. The van der Waals surface area contributed by atoms with Gasteiger partial charge in [-0.15, -0.1) is 0 Å². The molecule has 1 fully saturated rings. The van der Waals surface area contributed by atoms with Crippen molar-refractivity contribution in [2.75, 3.05) is 24.3 Å². The van der Waals surface area contributed by atoms with Crippen molar-refractivity contribution in [2.24, 2.45) is 5.92 Å². The minimum absolute atomic E-state index is 0.233. The zero-order valence-electron chi connectivity index (χ0n) is 11.9. The summed E-state index contributed by atoms with van der Waals surface area (Å²) in [6.07, 6.45) is -1.76. The largest absolute Gasteiger partial charge is 0.393 e. The predicted molar refractivity (Wildman–Crippen MR) is 76.2 cm³/mol. The van der Waals surface area contributed by atoms with E-state index >= 15 is 0 Å². The van der Waals surface area contributed by atoms with E-state index in [9.17, 15) is 13.2 Å². The topological polar surface area (TPSA) is 15.3 Å². The summed E-state index contributed by atoms with van der Waals surface area (Å²) in [7, 11) is 3.87. The second kappa shape index (κ2) is 5.94. The van der Waals surface area contributed by atoms with Crippen LogP contribution in [0.1, 0.15) is 25.7 Å². The summed E-state index contributed by atoms with van der Waals surface area (Å²) in [6.45, 7) is 0. The van der Waals surface area contributed by atoms with Gasteiger partial charge in [-0.05, 0) is 37.1 Å². The van der Waals surface area contributed by atoms with Crippen LogP contribution in [0.15, 0.2) is 24.3 Å². The monoisotopic (exact) mass is 286 g/mol. The van der Waals surface area contributed by atoms with E-state index in [1.165, 1.54) is 0 Å². The van der Waals surface area contributed by atoms with Gasteiger partial charge >= 0.3 is 6.18 Å². The molecular weight excluding hydrogens is 265 g/mol. The summed E-state index contributed by atoms with van der Waals surface area (Å²) in [5.74, 6) is -1.23. The first-order valence-electron chi connectivity index (χ1n) is 6.98. The Balaban J connectivity index is 2.07. The van der Waals surface area contributed by atoms with Gasteiger partial charge in [0.15, 0.2) is 0 Å². The van der Waals surface area contributed by atoms with Gasteiger partial charge in [-0.25, -0.2) is 0 Å². The highest BCUT2D eigenvalue weighted by atomic mass is 19.4. The molecule has 1 aromatic rings. The summed E-state index contributed by atoms with van der Waals surface area (Å²) in [4.78, 5) is 1.96. The molecule has 112 valence electrons. The molecule has 0 spiro atoms. The summed E-state index contributed by atoms with van der Waals surface area (Å²) < 4.78 is 39.1. The van der Waals surface area contributed by atoms with E-state index in [0.717, 1.165) is 17.8 Å². The van der Waals surface area contributed by atoms with Crippen LogP contribution in [-0.4, -0.2) is 26.3 Å². The van der Waals surface area contributed by atoms with E-state index in [1.54, 1.807) is 0 Å². The maximum Gasteiger partial charge on any atom is 0.393 e. The molecule has 2 nitrogen and oxygen atoms in total. The highest BCUT2D eigenvalue weighted by Gasteiger charge is 2.45. The molecule has 2 unspecified atom stereocenters. The van der Waals surface area contributed by atoms with E-state index in [0.29, 0.717) is 12.8 Å². The molecule has 1 aliphatic carbocycles. The Morgan fingerprint density at radius 2 is 1.65 bits per heavy atom. The highest BCUT2D eigenvalue weighted by Crippen LogP contribution is 2.39. The van der Waals surface area contributed by atoms with Gasteiger partial charge in [-0.2, -0.15) is 13.2 Å². The van der Waals surface area contributed by atoms with Crippen molar-refractivity contribution in [3.63, 3.8) is 0 Å². The summed E-state index contributed by atoms with van der Waals surface area (Å²) in [5, 5.41) is 3.07. The standard InChI is InChI=1S/C15H21F3N2/c1-20(2)12-9-7-11(8-10-12)19-14-6-4-3-5-13(14)15(16,17)18/h7-10,13-14,19H,3-6H2,1-2H3. The summed E-state index contributed by atoms with van der Waals surface area (Å²) >= 11 is 0. The molecule has 2 atom stereocenters. The van der Waals surface area contributed by atoms with Crippen LogP contribution in [0, 0.1) is 5.92 Å². The minimum Gasteiger partial charge on any atom is -0.382 e. The van der Waals surface area contributed by atoms with Crippen LogP contribution < -0.4 is 10.2 Å².